The van der Waals surface area contributed by atoms with E-state index in [0.717, 1.165) is 18.7 Å². The molecule has 1 fully saturated rings. The van der Waals surface area contributed by atoms with Gasteiger partial charge in [0.2, 0.25) is 5.91 Å². The second kappa shape index (κ2) is 7.59. The zero-order valence-corrected chi connectivity index (χ0v) is 14.5. The molecular formula is C16H21ClF3N3O. The molecular weight excluding hydrogens is 343 g/mol. The van der Waals surface area contributed by atoms with Crippen molar-refractivity contribution < 1.29 is 18.0 Å². The lowest BCUT2D eigenvalue weighted by Crippen LogP contribution is -2.49. The number of piperazine rings is 1. The van der Waals surface area contributed by atoms with Crippen LogP contribution in [0.5, 0.6) is 0 Å². The molecule has 0 bridgehead atoms. The van der Waals surface area contributed by atoms with Crippen molar-refractivity contribution in [2.45, 2.75) is 32.9 Å². The Morgan fingerprint density at radius 1 is 1.29 bits per heavy atom. The van der Waals surface area contributed by atoms with Crippen LogP contribution >= 0.6 is 11.6 Å². The van der Waals surface area contributed by atoms with Crippen molar-refractivity contribution in [2.75, 3.05) is 31.1 Å². The van der Waals surface area contributed by atoms with Crippen LogP contribution in [0.25, 0.3) is 0 Å². The van der Waals surface area contributed by atoms with Gasteiger partial charge in [0.15, 0.2) is 0 Å². The normalized spacial score (nSPS) is 16.0. The second-order valence-corrected chi connectivity index (χ2v) is 6.73. The molecule has 0 unspecified atom stereocenters. The molecule has 1 aromatic rings. The van der Waals surface area contributed by atoms with E-state index >= 15 is 0 Å². The van der Waals surface area contributed by atoms with E-state index in [2.05, 4.69) is 18.8 Å². The van der Waals surface area contributed by atoms with Gasteiger partial charge in [0, 0.05) is 38.8 Å². The number of amides is 1. The highest BCUT2D eigenvalue weighted by Crippen LogP contribution is 2.33. The SMILES string of the molecule is CC(C)CCC(=O)N1CCN(c2ncc(C(F)(F)F)cc2Cl)CC1. The summed E-state index contributed by atoms with van der Waals surface area (Å²) in [5.41, 5.74) is -0.862. The van der Waals surface area contributed by atoms with E-state index in [4.69, 9.17) is 11.6 Å². The van der Waals surface area contributed by atoms with Crippen LogP contribution in [0.3, 0.4) is 0 Å². The van der Waals surface area contributed by atoms with Gasteiger partial charge in [-0.05, 0) is 18.4 Å². The molecule has 0 radical (unpaired) electrons. The summed E-state index contributed by atoms with van der Waals surface area (Å²) in [4.78, 5) is 19.6. The molecule has 1 aliphatic rings. The Hall–Kier alpha value is -1.50. The number of nitrogens with zero attached hydrogens (tertiary/aromatic N) is 3. The van der Waals surface area contributed by atoms with Crippen molar-refractivity contribution in [1.82, 2.24) is 9.88 Å². The number of alkyl halides is 3. The van der Waals surface area contributed by atoms with Gasteiger partial charge >= 0.3 is 6.18 Å². The van der Waals surface area contributed by atoms with Gasteiger partial charge in [0.05, 0.1) is 10.6 Å². The highest BCUT2D eigenvalue weighted by molar-refractivity contribution is 6.33. The number of rotatable bonds is 4. The van der Waals surface area contributed by atoms with Gasteiger partial charge in [0.25, 0.3) is 0 Å². The summed E-state index contributed by atoms with van der Waals surface area (Å²) in [6, 6.07) is 0.893. The van der Waals surface area contributed by atoms with Crippen LogP contribution in [0, 0.1) is 5.92 Å². The first-order chi connectivity index (χ1) is 11.2. The molecule has 134 valence electrons. The Labute approximate surface area is 144 Å². The third kappa shape index (κ3) is 4.75. The number of aromatic nitrogens is 1. The fraction of sp³-hybridized carbons (Fsp3) is 0.625. The van der Waals surface area contributed by atoms with Crippen LogP contribution in [-0.2, 0) is 11.0 Å². The molecule has 0 atom stereocenters. The highest BCUT2D eigenvalue weighted by atomic mass is 35.5. The summed E-state index contributed by atoms with van der Waals surface area (Å²) in [6.45, 7) is 6.20. The molecule has 1 aromatic heterocycles. The maximum absolute atomic E-state index is 12.7. The maximum atomic E-state index is 12.7. The highest BCUT2D eigenvalue weighted by Gasteiger charge is 2.32. The summed E-state index contributed by atoms with van der Waals surface area (Å²) in [7, 11) is 0. The first kappa shape index (κ1) is 18.8. The van der Waals surface area contributed by atoms with Crippen LogP contribution in [-0.4, -0.2) is 42.0 Å². The summed E-state index contributed by atoms with van der Waals surface area (Å²) in [5, 5.41) is -0.0237. The van der Waals surface area contributed by atoms with Crippen LogP contribution < -0.4 is 4.90 Å². The maximum Gasteiger partial charge on any atom is 0.417 e. The van der Waals surface area contributed by atoms with Gasteiger partial charge in [0.1, 0.15) is 5.82 Å². The van der Waals surface area contributed by atoms with E-state index < -0.39 is 11.7 Å². The van der Waals surface area contributed by atoms with Crippen LogP contribution in [0.4, 0.5) is 19.0 Å². The summed E-state index contributed by atoms with van der Waals surface area (Å²) < 4.78 is 38.0. The molecule has 8 heteroatoms. The Kier molecular flexibility index (Phi) is 5.96. The molecule has 0 aliphatic carbocycles. The number of halogens is 4. The number of hydrogen-bond donors (Lipinski definition) is 0. The first-order valence-electron chi connectivity index (χ1n) is 7.94. The summed E-state index contributed by atoms with van der Waals surface area (Å²) in [5.74, 6) is 0.930. The van der Waals surface area contributed by atoms with E-state index in [0.29, 0.717) is 44.3 Å². The molecule has 1 aliphatic heterocycles. The van der Waals surface area contributed by atoms with Crippen LogP contribution in [0.15, 0.2) is 12.3 Å². The number of anilines is 1. The molecule has 2 heterocycles. The Morgan fingerprint density at radius 3 is 2.42 bits per heavy atom. The van der Waals surface area contributed by atoms with E-state index in [1.807, 2.05) is 4.90 Å². The standard InChI is InChI=1S/C16H21ClF3N3O/c1-11(2)3-4-14(24)22-5-7-23(8-6-22)15-13(17)9-12(10-21-15)16(18,19)20/h9-11H,3-8H2,1-2H3. The third-order valence-corrected chi connectivity index (χ3v) is 4.29. The minimum absolute atomic E-state index is 0.0237. The molecule has 0 aromatic carbocycles. The lowest BCUT2D eigenvalue weighted by Gasteiger charge is -2.36. The number of carbonyl (C=O) groups is 1. The fourth-order valence-electron chi connectivity index (χ4n) is 2.56. The van der Waals surface area contributed by atoms with Gasteiger partial charge in [-0.2, -0.15) is 13.2 Å². The molecule has 1 amide bonds. The van der Waals surface area contributed by atoms with Crippen LogP contribution in [0.1, 0.15) is 32.3 Å². The third-order valence-electron chi connectivity index (χ3n) is 4.02. The van der Waals surface area contributed by atoms with Gasteiger partial charge in [-0.25, -0.2) is 4.98 Å². The largest absolute Gasteiger partial charge is 0.417 e. The van der Waals surface area contributed by atoms with E-state index in [-0.39, 0.29) is 10.9 Å². The first-order valence-corrected chi connectivity index (χ1v) is 8.31. The van der Waals surface area contributed by atoms with E-state index in [9.17, 15) is 18.0 Å². The zero-order chi connectivity index (χ0) is 17.9. The predicted molar refractivity (Wildman–Crippen MR) is 87.1 cm³/mol. The molecule has 1 saturated heterocycles. The second-order valence-electron chi connectivity index (χ2n) is 6.33. The lowest BCUT2D eigenvalue weighted by atomic mass is 10.1. The number of hydrogen-bond acceptors (Lipinski definition) is 3. The molecule has 0 spiro atoms. The van der Waals surface area contributed by atoms with Gasteiger partial charge in [-0.1, -0.05) is 25.4 Å². The van der Waals surface area contributed by atoms with Gasteiger partial charge in [-0.3, -0.25) is 4.79 Å². The summed E-state index contributed by atoms with van der Waals surface area (Å²) >= 11 is 5.97. The fourth-order valence-corrected chi connectivity index (χ4v) is 2.84. The lowest BCUT2D eigenvalue weighted by molar-refractivity contribution is -0.137. The Balaban J connectivity index is 1.96. The van der Waals surface area contributed by atoms with Crippen LogP contribution in [0.2, 0.25) is 5.02 Å². The summed E-state index contributed by atoms with van der Waals surface area (Å²) in [6.07, 6.45) is -2.29. The van der Waals surface area contributed by atoms with Gasteiger partial charge < -0.3 is 9.80 Å². The number of pyridine rings is 1. The van der Waals surface area contributed by atoms with Crippen molar-refractivity contribution in [3.8, 4) is 0 Å². The Morgan fingerprint density at radius 2 is 1.92 bits per heavy atom. The van der Waals surface area contributed by atoms with Crippen molar-refractivity contribution in [2.24, 2.45) is 5.92 Å². The quantitative estimate of drug-likeness (QED) is 0.815. The monoisotopic (exact) mass is 363 g/mol. The minimum atomic E-state index is -4.46. The minimum Gasteiger partial charge on any atom is -0.352 e. The van der Waals surface area contributed by atoms with E-state index in [1.165, 1.54) is 0 Å². The average molecular weight is 364 g/mol. The molecule has 0 N–H and O–H groups in total. The topological polar surface area (TPSA) is 36.4 Å². The Bertz CT molecular complexity index is 584. The van der Waals surface area contributed by atoms with Crippen molar-refractivity contribution in [3.63, 3.8) is 0 Å². The average Bonchev–Trinajstić information content (AvgIpc) is 2.52. The zero-order valence-electron chi connectivity index (χ0n) is 13.7. The number of carbonyl (C=O) groups excluding carboxylic acids is 1. The van der Waals surface area contributed by atoms with Crippen molar-refractivity contribution >= 4 is 23.3 Å². The van der Waals surface area contributed by atoms with Crippen molar-refractivity contribution in [1.29, 1.82) is 0 Å². The smallest absolute Gasteiger partial charge is 0.352 e. The molecule has 0 saturated carbocycles. The molecule has 24 heavy (non-hydrogen) atoms. The molecule has 4 nitrogen and oxygen atoms in total. The predicted octanol–water partition coefficient (Wildman–Crippen LogP) is 3.84. The molecule has 2 rings (SSSR count). The van der Waals surface area contributed by atoms with Crippen molar-refractivity contribution in [3.05, 3.63) is 22.8 Å². The van der Waals surface area contributed by atoms with Gasteiger partial charge in [-0.15, -0.1) is 0 Å². The van der Waals surface area contributed by atoms with E-state index in [1.54, 1.807) is 4.90 Å².